The lowest BCUT2D eigenvalue weighted by Crippen LogP contribution is -2.19. The number of aromatic amines is 1. The molecular weight excluding hydrogens is 254 g/mol. The highest BCUT2D eigenvalue weighted by Crippen LogP contribution is 2.07. The van der Waals surface area contributed by atoms with Crippen molar-refractivity contribution in [3.63, 3.8) is 0 Å². The normalized spacial score (nSPS) is 9.65. The summed E-state index contributed by atoms with van der Waals surface area (Å²) in [6.45, 7) is -0.0884. The average Bonchev–Trinajstić information content (AvgIpc) is 2.97. The van der Waals surface area contributed by atoms with Crippen molar-refractivity contribution < 1.29 is 9.53 Å². The Hall–Kier alpha value is -2.66. The van der Waals surface area contributed by atoms with Crippen molar-refractivity contribution in [3.05, 3.63) is 60.9 Å². The Kier molecular flexibility index (Phi) is 4.86. The van der Waals surface area contributed by atoms with Crippen LogP contribution in [0.15, 0.2) is 60.9 Å². The van der Waals surface area contributed by atoms with Crippen molar-refractivity contribution in [2.45, 2.75) is 0 Å². The lowest BCUT2D eigenvalue weighted by molar-refractivity contribution is -0.132. The van der Waals surface area contributed by atoms with Crippen LogP contribution in [-0.4, -0.2) is 22.5 Å². The van der Waals surface area contributed by atoms with Crippen LogP contribution in [0.25, 0.3) is 11.0 Å². The smallest absolute Gasteiger partial charge is 0.325 e. The number of rotatable bonds is 2. The minimum atomic E-state index is -0.420. The molecule has 0 aliphatic rings. The number of esters is 1. The standard InChI is InChI=1S/C8H9NO2.C7H6N2/c9-6-8(10)11-7-4-2-1-3-5-7;1-2-4-7-6(3-1)8-5-9-7/h1-5H,6,9H2;1-5H,(H,8,9). The fourth-order valence-electron chi connectivity index (χ4n) is 1.54. The van der Waals surface area contributed by atoms with E-state index in [0.29, 0.717) is 5.75 Å². The van der Waals surface area contributed by atoms with Crippen LogP contribution in [0.2, 0.25) is 0 Å². The maximum absolute atomic E-state index is 10.6. The second kappa shape index (κ2) is 7.06. The summed E-state index contributed by atoms with van der Waals surface area (Å²) in [5.41, 5.74) is 7.17. The van der Waals surface area contributed by atoms with E-state index in [2.05, 4.69) is 9.97 Å². The molecule has 0 bridgehead atoms. The lowest BCUT2D eigenvalue weighted by Gasteiger charge is -1.99. The maximum atomic E-state index is 10.6. The minimum Gasteiger partial charge on any atom is -0.426 e. The number of nitrogens with one attached hydrogen (secondary N) is 1. The summed E-state index contributed by atoms with van der Waals surface area (Å²) in [5, 5.41) is 0. The van der Waals surface area contributed by atoms with Gasteiger partial charge in [-0.1, -0.05) is 30.3 Å². The molecule has 0 spiro atoms. The molecule has 20 heavy (non-hydrogen) atoms. The van der Waals surface area contributed by atoms with Crippen molar-refractivity contribution in [2.75, 3.05) is 6.54 Å². The number of hydrogen-bond donors (Lipinski definition) is 2. The Bertz CT molecular complexity index is 635. The van der Waals surface area contributed by atoms with Crippen LogP contribution in [0.3, 0.4) is 0 Å². The first-order chi connectivity index (χ1) is 9.79. The fourth-order valence-corrected chi connectivity index (χ4v) is 1.54. The molecule has 5 heteroatoms. The number of H-pyrrole nitrogens is 1. The van der Waals surface area contributed by atoms with Crippen LogP contribution in [0.4, 0.5) is 0 Å². The molecule has 0 radical (unpaired) electrons. The number of fused-ring (bicyclic) bond motifs is 1. The van der Waals surface area contributed by atoms with E-state index in [-0.39, 0.29) is 6.54 Å². The van der Waals surface area contributed by atoms with Gasteiger partial charge in [0.15, 0.2) is 0 Å². The van der Waals surface area contributed by atoms with Gasteiger partial charge in [0.25, 0.3) is 0 Å². The number of nitrogens with zero attached hydrogens (tertiary/aromatic N) is 1. The van der Waals surface area contributed by atoms with Gasteiger partial charge in [-0.15, -0.1) is 0 Å². The second-order valence-corrected chi connectivity index (χ2v) is 3.91. The molecular formula is C15H15N3O2. The summed E-state index contributed by atoms with van der Waals surface area (Å²) in [7, 11) is 0. The lowest BCUT2D eigenvalue weighted by atomic mass is 10.3. The first kappa shape index (κ1) is 13.8. The molecule has 0 aliphatic heterocycles. The van der Waals surface area contributed by atoms with E-state index in [0.717, 1.165) is 11.0 Å². The third-order valence-corrected chi connectivity index (χ3v) is 2.47. The number of carbonyl (C=O) groups is 1. The molecule has 0 saturated carbocycles. The number of ether oxygens (including phenoxy) is 1. The van der Waals surface area contributed by atoms with Crippen molar-refractivity contribution in [1.29, 1.82) is 0 Å². The topological polar surface area (TPSA) is 81.0 Å². The zero-order chi connectivity index (χ0) is 14.2. The molecule has 0 aliphatic carbocycles. The van der Waals surface area contributed by atoms with E-state index in [4.69, 9.17) is 10.5 Å². The van der Waals surface area contributed by atoms with E-state index in [1.807, 2.05) is 30.3 Å². The van der Waals surface area contributed by atoms with Crippen LogP contribution in [0.1, 0.15) is 0 Å². The number of hydrogen-bond acceptors (Lipinski definition) is 4. The molecule has 0 saturated heterocycles. The third-order valence-electron chi connectivity index (χ3n) is 2.47. The van der Waals surface area contributed by atoms with Gasteiger partial charge >= 0.3 is 5.97 Å². The fraction of sp³-hybridized carbons (Fsp3) is 0.0667. The average molecular weight is 269 g/mol. The van der Waals surface area contributed by atoms with E-state index in [1.165, 1.54) is 0 Å². The molecule has 102 valence electrons. The number of benzene rings is 2. The molecule has 0 atom stereocenters. The predicted molar refractivity (Wildman–Crippen MR) is 77.2 cm³/mol. The van der Waals surface area contributed by atoms with Gasteiger partial charge in [-0.2, -0.15) is 0 Å². The predicted octanol–water partition coefficient (Wildman–Crippen LogP) is 2.11. The van der Waals surface area contributed by atoms with Gasteiger partial charge in [0, 0.05) is 0 Å². The molecule has 0 fully saturated rings. The van der Waals surface area contributed by atoms with Crippen molar-refractivity contribution in [1.82, 2.24) is 9.97 Å². The van der Waals surface area contributed by atoms with Gasteiger partial charge < -0.3 is 15.5 Å². The largest absolute Gasteiger partial charge is 0.426 e. The Morgan fingerprint density at radius 3 is 2.50 bits per heavy atom. The van der Waals surface area contributed by atoms with Crippen LogP contribution in [0.5, 0.6) is 5.75 Å². The van der Waals surface area contributed by atoms with Gasteiger partial charge in [-0.3, -0.25) is 4.79 Å². The Labute approximate surface area is 116 Å². The number of carbonyl (C=O) groups excluding carboxylic acids is 1. The molecule has 3 aromatic rings. The van der Waals surface area contributed by atoms with Crippen molar-refractivity contribution in [2.24, 2.45) is 5.73 Å². The number of nitrogens with two attached hydrogens (primary N) is 1. The molecule has 3 N–H and O–H groups in total. The SMILES string of the molecule is NCC(=O)Oc1ccccc1.c1ccc2[nH]cnc2c1. The highest BCUT2D eigenvalue weighted by Gasteiger charge is 1.98. The summed E-state index contributed by atoms with van der Waals surface area (Å²) >= 11 is 0. The Morgan fingerprint density at radius 1 is 1.10 bits per heavy atom. The highest BCUT2D eigenvalue weighted by molar-refractivity contribution is 5.74. The van der Waals surface area contributed by atoms with E-state index >= 15 is 0 Å². The molecule has 0 amide bonds. The Balaban J connectivity index is 0.000000149. The van der Waals surface area contributed by atoms with Crippen LogP contribution in [-0.2, 0) is 4.79 Å². The molecule has 1 aromatic heterocycles. The van der Waals surface area contributed by atoms with Gasteiger partial charge in [0.05, 0.1) is 23.9 Å². The summed E-state index contributed by atoms with van der Waals surface area (Å²) in [6, 6.07) is 16.8. The van der Waals surface area contributed by atoms with Crippen molar-refractivity contribution >= 4 is 17.0 Å². The summed E-state index contributed by atoms with van der Waals surface area (Å²) in [6.07, 6.45) is 1.70. The highest BCUT2D eigenvalue weighted by atomic mass is 16.5. The molecule has 0 unspecified atom stereocenters. The third kappa shape index (κ3) is 3.93. The van der Waals surface area contributed by atoms with Crippen LogP contribution < -0.4 is 10.5 Å². The monoisotopic (exact) mass is 269 g/mol. The zero-order valence-corrected chi connectivity index (χ0v) is 10.8. The minimum absolute atomic E-state index is 0.0884. The first-order valence-corrected chi connectivity index (χ1v) is 6.13. The van der Waals surface area contributed by atoms with Crippen LogP contribution >= 0.6 is 0 Å². The molecule has 5 nitrogen and oxygen atoms in total. The summed E-state index contributed by atoms with van der Waals surface area (Å²) in [4.78, 5) is 17.7. The first-order valence-electron chi connectivity index (χ1n) is 6.13. The molecule has 3 rings (SSSR count). The van der Waals surface area contributed by atoms with Gasteiger partial charge in [-0.05, 0) is 24.3 Å². The summed E-state index contributed by atoms with van der Waals surface area (Å²) in [5.74, 6) is 0.110. The zero-order valence-electron chi connectivity index (χ0n) is 10.8. The van der Waals surface area contributed by atoms with E-state index in [9.17, 15) is 4.79 Å². The van der Waals surface area contributed by atoms with Crippen LogP contribution in [0, 0.1) is 0 Å². The van der Waals surface area contributed by atoms with Gasteiger partial charge in [0.2, 0.25) is 0 Å². The number of aromatic nitrogens is 2. The van der Waals surface area contributed by atoms with E-state index < -0.39 is 5.97 Å². The maximum Gasteiger partial charge on any atom is 0.325 e. The van der Waals surface area contributed by atoms with E-state index in [1.54, 1.807) is 30.6 Å². The molecule has 2 aromatic carbocycles. The van der Waals surface area contributed by atoms with Gasteiger partial charge in [-0.25, -0.2) is 4.98 Å². The number of para-hydroxylation sites is 3. The van der Waals surface area contributed by atoms with Crippen molar-refractivity contribution in [3.8, 4) is 5.75 Å². The number of imidazole rings is 1. The summed E-state index contributed by atoms with van der Waals surface area (Å²) < 4.78 is 4.80. The quantitative estimate of drug-likeness (QED) is 0.551. The van der Waals surface area contributed by atoms with Gasteiger partial charge in [0.1, 0.15) is 5.75 Å². The second-order valence-electron chi connectivity index (χ2n) is 3.91. The molecule has 1 heterocycles. The Morgan fingerprint density at radius 2 is 1.80 bits per heavy atom.